The number of hydrogen-bond acceptors (Lipinski definition) is 4. The van der Waals surface area contributed by atoms with Gasteiger partial charge in [0.05, 0.1) is 0 Å². The van der Waals surface area contributed by atoms with Crippen LogP contribution in [0.25, 0.3) is 0 Å². The van der Waals surface area contributed by atoms with E-state index in [2.05, 4.69) is 0 Å². The average Bonchev–Trinajstić information content (AvgIpc) is 2.32. The summed E-state index contributed by atoms with van der Waals surface area (Å²) in [6.07, 6.45) is 0. The van der Waals surface area contributed by atoms with Crippen molar-refractivity contribution in [1.29, 1.82) is 0 Å². The summed E-state index contributed by atoms with van der Waals surface area (Å²) in [5.41, 5.74) is -4.67. The van der Waals surface area contributed by atoms with Crippen LogP contribution in [0.5, 0.6) is 0 Å². The highest BCUT2D eigenvalue weighted by molar-refractivity contribution is 5.91. The minimum atomic E-state index is -1.56. The lowest BCUT2D eigenvalue weighted by Gasteiger charge is -2.30. The van der Waals surface area contributed by atoms with Gasteiger partial charge in [0, 0.05) is 48.2 Å². The Kier molecular flexibility index (Phi) is 5.26. The summed E-state index contributed by atoms with van der Waals surface area (Å²) >= 11 is 0. The Morgan fingerprint density at radius 2 is 0.773 bits per heavy atom. The van der Waals surface area contributed by atoms with E-state index in [9.17, 15) is 20.0 Å². The van der Waals surface area contributed by atoms with E-state index in [0.717, 1.165) is 0 Å². The van der Waals surface area contributed by atoms with Crippen molar-refractivity contribution >= 4 is 11.6 Å². The fourth-order valence-corrected chi connectivity index (χ4v) is 2.46. The third-order valence-electron chi connectivity index (χ3n) is 3.60. The van der Waals surface area contributed by atoms with Gasteiger partial charge in [-0.3, -0.25) is 9.59 Å². The van der Waals surface area contributed by atoms with Gasteiger partial charge in [0.2, 0.25) is 11.6 Å². The van der Waals surface area contributed by atoms with Crippen LogP contribution in [0.3, 0.4) is 0 Å². The fourth-order valence-electron chi connectivity index (χ4n) is 2.46. The zero-order chi connectivity index (χ0) is 18.3. The average molecular weight is 314 g/mol. The van der Waals surface area contributed by atoms with Crippen LogP contribution in [-0.2, 0) is 9.59 Å². The minimum absolute atomic E-state index is 0.0875. The van der Waals surface area contributed by atoms with Gasteiger partial charge in [-0.1, -0.05) is 41.5 Å². The molecule has 0 aromatic heterocycles. The second kappa shape index (κ2) is 5.63. The summed E-state index contributed by atoms with van der Waals surface area (Å²) in [6.45, 7) is 15.7. The maximum atomic E-state index is 12.5. The zero-order valence-corrected chi connectivity index (χ0v) is 15.5. The number of carbonyl (C=O) groups is 2. The summed E-state index contributed by atoms with van der Waals surface area (Å²) in [4.78, 5) is 25.0. The molecule has 0 bridgehead atoms. The molecule has 22 heavy (non-hydrogen) atoms. The van der Waals surface area contributed by atoms with Crippen LogP contribution >= 0.6 is 0 Å². The van der Waals surface area contributed by atoms with Crippen molar-refractivity contribution in [2.75, 3.05) is 0 Å². The molecule has 0 unspecified atom stereocenters. The smallest absolute Gasteiger partial charge is 0.290 e. The van der Waals surface area contributed by atoms with E-state index in [0.29, 0.717) is 0 Å². The van der Waals surface area contributed by atoms with E-state index >= 15 is 0 Å². The monoisotopic (exact) mass is 314 g/mol. The summed E-state index contributed by atoms with van der Waals surface area (Å²) in [5.74, 6) is -0.732. The third kappa shape index (κ3) is 3.84. The van der Waals surface area contributed by atoms with Crippen molar-refractivity contribution < 1.29 is 19.3 Å². The van der Waals surface area contributed by atoms with E-state index in [1.54, 1.807) is 41.5 Å². The standard InChI is InChI=1S/C16H30N2O4/c1-13(2,3)11(19)15(7,8)17(21)18(22)16(9,10)12(20)14(4,5)6/h1-10H3/b18-17-. The Balaban J connectivity index is 6.02. The first kappa shape index (κ1) is 20.5. The maximum absolute atomic E-state index is 12.5. The second-order valence-electron chi connectivity index (χ2n) is 8.82. The number of Topliss-reactive ketones (excluding diaryl/α,β-unsaturated/α-hetero) is 2. The first-order valence-electron chi connectivity index (χ1n) is 7.42. The molecule has 0 amide bonds. The predicted octanol–water partition coefficient (Wildman–Crippen LogP) is 3.25. The van der Waals surface area contributed by atoms with Crippen molar-refractivity contribution in [3.05, 3.63) is 10.4 Å². The second-order valence-corrected chi connectivity index (χ2v) is 8.82. The molecule has 0 saturated heterocycles. The summed E-state index contributed by atoms with van der Waals surface area (Å²) in [6, 6.07) is 0. The quantitative estimate of drug-likeness (QED) is 0.453. The molecule has 0 aromatic carbocycles. The third-order valence-corrected chi connectivity index (χ3v) is 3.60. The van der Waals surface area contributed by atoms with Gasteiger partial charge in [0.25, 0.3) is 11.1 Å². The topological polar surface area (TPSA) is 86.3 Å². The van der Waals surface area contributed by atoms with Gasteiger partial charge in [0.15, 0.2) is 0 Å². The normalized spacial score (nSPS) is 15.4. The lowest BCUT2D eigenvalue weighted by Crippen LogP contribution is -2.56. The summed E-state index contributed by atoms with van der Waals surface area (Å²) in [7, 11) is 0. The molecule has 0 rings (SSSR count). The SMILES string of the molecule is CC(C)(C)C(=O)C(C)(C)/[N+]([O-])=[N+](/[O-])C(C)(C)C(=O)C(C)(C)C. The molecule has 0 aliphatic carbocycles. The summed E-state index contributed by atoms with van der Waals surface area (Å²) < 4.78 is 0. The van der Waals surface area contributed by atoms with Gasteiger partial charge >= 0.3 is 0 Å². The first-order valence-corrected chi connectivity index (χ1v) is 7.42. The van der Waals surface area contributed by atoms with Gasteiger partial charge in [-0.05, 0) is 0 Å². The highest BCUT2D eigenvalue weighted by Gasteiger charge is 2.53. The molecular formula is C16H30N2O4. The number of rotatable bonds is 4. The summed E-state index contributed by atoms with van der Waals surface area (Å²) in [5, 5.41) is 25.0. The number of hydrogen-bond donors (Lipinski definition) is 0. The van der Waals surface area contributed by atoms with Gasteiger partial charge in [-0.2, -0.15) is 0 Å². The molecule has 0 radical (unpaired) electrons. The highest BCUT2D eigenvalue weighted by atomic mass is 16.6. The van der Waals surface area contributed by atoms with Gasteiger partial charge in [0.1, 0.15) is 0 Å². The van der Waals surface area contributed by atoms with Crippen molar-refractivity contribution in [3.63, 3.8) is 0 Å². The molecule has 0 spiro atoms. The number of nitrogens with zero attached hydrogens (tertiary/aromatic N) is 2. The van der Waals surface area contributed by atoms with Crippen LogP contribution < -0.4 is 0 Å². The van der Waals surface area contributed by atoms with E-state index < -0.39 is 21.9 Å². The van der Waals surface area contributed by atoms with Crippen LogP contribution in [0.1, 0.15) is 69.2 Å². The molecular weight excluding hydrogens is 284 g/mol. The first-order chi connectivity index (χ1) is 9.37. The van der Waals surface area contributed by atoms with Gasteiger partial charge < -0.3 is 10.4 Å². The Bertz CT molecular complexity index is 457. The Morgan fingerprint density at radius 1 is 0.591 bits per heavy atom. The van der Waals surface area contributed by atoms with Gasteiger partial charge in [-0.15, -0.1) is 0 Å². The molecule has 0 saturated carbocycles. The van der Waals surface area contributed by atoms with Crippen LogP contribution in [0, 0.1) is 21.2 Å². The van der Waals surface area contributed by atoms with Crippen LogP contribution in [0.15, 0.2) is 0 Å². The van der Waals surface area contributed by atoms with Crippen molar-refractivity contribution in [3.8, 4) is 0 Å². The van der Waals surface area contributed by atoms with Gasteiger partial charge in [-0.25, -0.2) is 0 Å². The fraction of sp³-hybridized carbons (Fsp3) is 0.875. The molecule has 0 fully saturated rings. The lowest BCUT2D eigenvalue weighted by molar-refractivity contribution is -1.01. The zero-order valence-electron chi connectivity index (χ0n) is 15.5. The minimum Gasteiger partial charge on any atom is -0.566 e. The largest absolute Gasteiger partial charge is 0.566 e. The van der Waals surface area contributed by atoms with Crippen molar-refractivity contribution in [2.45, 2.75) is 80.3 Å². The molecule has 6 nitrogen and oxygen atoms in total. The van der Waals surface area contributed by atoms with Crippen LogP contribution in [0.2, 0.25) is 0 Å². The number of ketones is 2. The highest BCUT2D eigenvalue weighted by Crippen LogP contribution is 2.29. The molecule has 6 heteroatoms. The number of carbonyl (C=O) groups excluding carboxylic acids is 2. The van der Waals surface area contributed by atoms with E-state index in [1.807, 2.05) is 0 Å². The Labute approximate surface area is 133 Å². The molecule has 0 aliphatic rings. The molecule has 128 valence electrons. The van der Waals surface area contributed by atoms with E-state index in [4.69, 9.17) is 0 Å². The van der Waals surface area contributed by atoms with Crippen molar-refractivity contribution in [1.82, 2.24) is 0 Å². The van der Waals surface area contributed by atoms with Crippen LogP contribution in [-0.4, -0.2) is 32.4 Å². The molecule has 0 aromatic rings. The van der Waals surface area contributed by atoms with Crippen LogP contribution in [0.4, 0.5) is 0 Å². The lowest BCUT2D eigenvalue weighted by atomic mass is 9.79. The molecule has 0 heterocycles. The number of azo groups is 1. The maximum Gasteiger partial charge on any atom is 0.290 e. The molecule has 0 atom stereocenters. The number of hydroxylamine groups is 2. The predicted molar refractivity (Wildman–Crippen MR) is 84.3 cm³/mol. The Hall–Kier alpha value is -1.46. The molecule has 0 N–H and O–H groups in total. The van der Waals surface area contributed by atoms with Crippen molar-refractivity contribution in [2.24, 2.45) is 10.8 Å². The Morgan fingerprint density at radius 3 is 0.909 bits per heavy atom. The molecule has 0 aliphatic heterocycles. The van der Waals surface area contributed by atoms with E-state index in [1.165, 1.54) is 27.7 Å². The van der Waals surface area contributed by atoms with E-state index in [-0.39, 0.29) is 21.3 Å².